The van der Waals surface area contributed by atoms with Crippen LogP contribution in [0, 0.1) is 11.7 Å². The number of piperidine rings is 1. The lowest BCUT2D eigenvalue weighted by Crippen LogP contribution is -2.46. The molecule has 0 spiro atoms. The normalized spacial score (nSPS) is 20.5. The number of hydrogen-bond donors (Lipinski definition) is 1. The molecule has 1 saturated heterocycles. The third-order valence-electron chi connectivity index (χ3n) is 5.39. The number of benzene rings is 1. The molecular formula is C20H29FN2OS. The molecule has 1 aromatic rings. The molecule has 0 unspecified atom stereocenters. The Labute approximate surface area is 154 Å². The van der Waals surface area contributed by atoms with Crippen LogP contribution in [0.3, 0.4) is 0 Å². The van der Waals surface area contributed by atoms with Gasteiger partial charge in [0.15, 0.2) is 0 Å². The first kappa shape index (κ1) is 18.7. The molecule has 1 saturated carbocycles. The van der Waals surface area contributed by atoms with E-state index in [0.717, 1.165) is 31.8 Å². The summed E-state index contributed by atoms with van der Waals surface area (Å²) < 4.78 is 13.6. The summed E-state index contributed by atoms with van der Waals surface area (Å²) in [6, 6.07) is 6.89. The van der Waals surface area contributed by atoms with Crippen LogP contribution in [0.4, 0.5) is 4.39 Å². The highest BCUT2D eigenvalue weighted by atomic mass is 32.2. The van der Waals surface area contributed by atoms with E-state index in [1.807, 2.05) is 0 Å². The van der Waals surface area contributed by atoms with E-state index in [1.54, 1.807) is 18.2 Å². The van der Waals surface area contributed by atoms with Crippen molar-refractivity contribution in [2.45, 2.75) is 55.9 Å². The Morgan fingerprint density at radius 3 is 2.56 bits per heavy atom. The Bertz CT molecular complexity index is 554. The third kappa shape index (κ3) is 6.00. The van der Waals surface area contributed by atoms with Crippen molar-refractivity contribution in [1.82, 2.24) is 10.2 Å². The SMILES string of the molecule is O=C(CSc1ccccc1F)NC1CCN(CC2CCCCC2)CC1. The lowest BCUT2D eigenvalue weighted by Gasteiger charge is -2.35. The molecule has 1 heterocycles. The summed E-state index contributed by atoms with van der Waals surface area (Å²) in [6.45, 7) is 3.41. The second kappa shape index (κ2) is 9.58. The highest BCUT2D eigenvalue weighted by Crippen LogP contribution is 2.25. The largest absolute Gasteiger partial charge is 0.353 e. The van der Waals surface area contributed by atoms with Crippen molar-refractivity contribution in [3.05, 3.63) is 30.1 Å². The van der Waals surface area contributed by atoms with E-state index >= 15 is 0 Å². The van der Waals surface area contributed by atoms with Crippen LogP contribution in [0.15, 0.2) is 29.2 Å². The molecule has 3 rings (SSSR count). The molecule has 2 aliphatic rings. The van der Waals surface area contributed by atoms with Crippen LogP contribution < -0.4 is 5.32 Å². The predicted molar refractivity (Wildman–Crippen MR) is 101 cm³/mol. The number of hydrogen-bond acceptors (Lipinski definition) is 3. The molecule has 1 amide bonds. The second-order valence-electron chi connectivity index (χ2n) is 7.37. The zero-order valence-corrected chi connectivity index (χ0v) is 15.7. The number of thioether (sulfide) groups is 1. The van der Waals surface area contributed by atoms with Crippen molar-refractivity contribution in [3.63, 3.8) is 0 Å². The molecule has 138 valence electrons. The lowest BCUT2D eigenvalue weighted by atomic mass is 9.88. The molecule has 3 nitrogen and oxygen atoms in total. The molecule has 1 aliphatic heterocycles. The minimum Gasteiger partial charge on any atom is -0.353 e. The summed E-state index contributed by atoms with van der Waals surface area (Å²) in [5.74, 6) is 0.927. The molecule has 1 aromatic carbocycles. The van der Waals surface area contributed by atoms with E-state index in [1.165, 1.54) is 56.5 Å². The van der Waals surface area contributed by atoms with Crippen LogP contribution in [0.25, 0.3) is 0 Å². The predicted octanol–water partition coefficient (Wildman–Crippen LogP) is 4.08. The van der Waals surface area contributed by atoms with Crippen molar-refractivity contribution in [3.8, 4) is 0 Å². The van der Waals surface area contributed by atoms with Gasteiger partial charge in [-0.15, -0.1) is 11.8 Å². The Balaban J connectivity index is 1.34. The topological polar surface area (TPSA) is 32.3 Å². The van der Waals surface area contributed by atoms with Gasteiger partial charge in [-0.25, -0.2) is 4.39 Å². The van der Waals surface area contributed by atoms with Gasteiger partial charge in [0.1, 0.15) is 5.82 Å². The molecule has 25 heavy (non-hydrogen) atoms. The van der Waals surface area contributed by atoms with E-state index in [9.17, 15) is 9.18 Å². The Morgan fingerprint density at radius 1 is 1.12 bits per heavy atom. The van der Waals surface area contributed by atoms with Crippen LogP contribution in [-0.2, 0) is 4.79 Å². The van der Waals surface area contributed by atoms with Gasteiger partial charge in [-0.3, -0.25) is 4.79 Å². The Hall–Kier alpha value is -1.07. The monoisotopic (exact) mass is 364 g/mol. The first-order chi connectivity index (χ1) is 12.2. The van der Waals surface area contributed by atoms with Gasteiger partial charge in [0.2, 0.25) is 5.91 Å². The number of carbonyl (C=O) groups excluding carboxylic acids is 1. The van der Waals surface area contributed by atoms with Gasteiger partial charge in [-0.2, -0.15) is 0 Å². The molecule has 0 radical (unpaired) electrons. The average molecular weight is 365 g/mol. The maximum absolute atomic E-state index is 13.6. The van der Waals surface area contributed by atoms with E-state index in [4.69, 9.17) is 0 Å². The third-order valence-corrected chi connectivity index (χ3v) is 6.44. The van der Waals surface area contributed by atoms with Crippen LogP contribution in [0.2, 0.25) is 0 Å². The number of amides is 1. The van der Waals surface area contributed by atoms with Crippen molar-refractivity contribution < 1.29 is 9.18 Å². The summed E-state index contributed by atoms with van der Waals surface area (Å²) in [7, 11) is 0. The first-order valence-corrected chi connectivity index (χ1v) is 10.6. The standard InChI is InChI=1S/C20H29FN2OS/c21-18-8-4-5-9-19(18)25-15-20(24)22-17-10-12-23(13-11-17)14-16-6-2-1-3-7-16/h4-5,8-9,16-17H,1-3,6-7,10-15H2,(H,22,24). The number of rotatable bonds is 6. The number of halogens is 1. The number of carbonyl (C=O) groups is 1. The maximum Gasteiger partial charge on any atom is 0.230 e. The zero-order valence-electron chi connectivity index (χ0n) is 14.9. The van der Waals surface area contributed by atoms with Gasteiger partial charge in [-0.1, -0.05) is 31.4 Å². The quantitative estimate of drug-likeness (QED) is 0.772. The van der Waals surface area contributed by atoms with Crippen LogP contribution in [0.5, 0.6) is 0 Å². The van der Waals surface area contributed by atoms with Gasteiger partial charge in [0, 0.05) is 30.6 Å². The van der Waals surface area contributed by atoms with Crippen molar-refractivity contribution in [1.29, 1.82) is 0 Å². The molecule has 0 bridgehead atoms. The van der Waals surface area contributed by atoms with E-state index in [2.05, 4.69) is 10.2 Å². The van der Waals surface area contributed by atoms with E-state index in [-0.39, 0.29) is 23.5 Å². The lowest BCUT2D eigenvalue weighted by molar-refractivity contribution is -0.119. The smallest absolute Gasteiger partial charge is 0.230 e. The Kier molecular flexibility index (Phi) is 7.17. The molecule has 2 fully saturated rings. The van der Waals surface area contributed by atoms with Gasteiger partial charge in [-0.05, 0) is 43.7 Å². The molecular weight excluding hydrogens is 335 g/mol. The molecule has 5 heteroatoms. The molecule has 0 aromatic heterocycles. The van der Waals surface area contributed by atoms with Crippen LogP contribution in [-0.4, -0.2) is 42.2 Å². The van der Waals surface area contributed by atoms with Gasteiger partial charge < -0.3 is 10.2 Å². The minimum atomic E-state index is -0.253. The van der Waals surface area contributed by atoms with Crippen LogP contribution >= 0.6 is 11.8 Å². The molecule has 1 N–H and O–H groups in total. The van der Waals surface area contributed by atoms with Crippen molar-refractivity contribution in [2.75, 3.05) is 25.4 Å². The van der Waals surface area contributed by atoms with Crippen LogP contribution in [0.1, 0.15) is 44.9 Å². The number of nitrogens with zero attached hydrogens (tertiary/aromatic N) is 1. The highest BCUT2D eigenvalue weighted by molar-refractivity contribution is 8.00. The zero-order chi connectivity index (χ0) is 17.5. The first-order valence-electron chi connectivity index (χ1n) is 9.60. The fourth-order valence-corrected chi connectivity index (χ4v) is 4.72. The van der Waals surface area contributed by atoms with E-state index in [0.29, 0.717) is 4.90 Å². The van der Waals surface area contributed by atoms with Gasteiger partial charge in [0.05, 0.1) is 5.75 Å². The highest BCUT2D eigenvalue weighted by Gasteiger charge is 2.23. The summed E-state index contributed by atoms with van der Waals surface area (Å²) in [5.41, 5.74) is 0. The molecule has 0 atom stereocenters. The number of likely N-dealkylation sites (tertiary alicyclic amines) is 1. The summed E-state index contributed by atoms with van der Waals surface area (Å²) >= 11 is 1.27. The van der Waals surface area contributed by atoms with Crippen molar-refractivity contribution in [2.24, 2.45) is 5.92 Å². The van der Waals surface area contributed by atoms with E-state index < -0.39 is 0 Å². The van der Waals surface area contributed by atoms with Gasteiger partial charge >= 0.3 is 0 Å². The number of nitrogens with one attached hydrogen (secondary N) is 1. The second-order valence-corrected chi connectivity index (χ2v) is 8.38. The average Bonchev–Trinajstić information content (AvgIpc) is 2.64. The molecule has 1 aliphatic carbocycles. The van der Waals surface area contributed by atoms with Crippen molar-refractivity contribution >= 4 is 17.7 Å². The maximum atomic E-state index is 13.6. The summed E-state index contributed by atoms with van der Waals surface area (Å²) in [6.07, 6.45) is 9.06. The Morgan fingerprint density at radius 2 is 1.84 bits per heavy atom. The summed E-state index contributed by atoms with van der Waals surface area (Å²) in [4.78, 5) is 15.2. The fourth-order valence-electron chi connectivity index (χ4n) is 3.97. The minimum absolute atomic E-state index is 0.0129. The fraction of sp³-hybridized carbons (Fsp3) is 0.650. The van der Waals surface area contributed by atoms with Gasteiger partial charge in [0.25, 0.3) is 0 Å². The summed E-state index contributed by atoms with van der Waals surface area (Å²) in [5, 5.41) is 3.12.